The standard InChI is InChI=1S/C14H18N4O3S/c1-2-3-9-21-14-8-7-13(16-17-14)18-22(19,20)12-6-4-5-11(15)10-12/h4-8,10H,2-3,9,15H2,1H3,(H,16,18). The van der Waals surface area contributed by atoms with Crippen molar-refractivity contribution in [2.75, 3.05) is 17.1 Å². The molecule has 1 heterocycles. The van der Waals surface area contributed by atoms with Crippen LogP contribution in [0.5, 0.6) is 5.88 Å². The molecule has 0 aliphatic carbocycles. The van der Waals surface area contributed by atoms with E-state index >= 15 is 0 Å². The minimum atomic E-state index is -3.74. The Bertz CT molecular complexity index is 717. The molecule has 0 amide bonds. The Kier molecular flexibility index (Phi) is 5.16. The van der Waals surface area contributed by atoms with Crippen molar-refractivity contribution in [2.45, 2.75) is 24.7 Å². The van der Waals surface area contributed by atoms with Crippen LogP contribution >= 0.6 is 0 Å². The SMILES string of the molecule is CCCCOc1ccc(NS(=O)(=O)c2cccc(N)c2)nn1. The van der Waals surface area contributed by atoms with E-state index in [0.717, 1.165) is 12.8 Å². The first kappa shape index (κ1) is 16.0. The van der Waals surface area contributed by atoms with Gasteiger partial charge in [0, 0.05) is 11.8 Å². The molecule has 8 heteroatoms. The summed E-state index contributed by atoms with van der Waals surface area (Å²) in [5.41, 5.74) is 5.96. The van der Waals surface area contributed by atoms with Gasteiger partial charge in [-0.15, -0.1) is 10.2 Å². The quantitative estimate of drug-likeness (QED) is 0.596. The highest BCUT2D eigenvalue weighted by Gasteiger charge is 2.15. The van der Waals surface area contributed by atoms with E-state index in [9.17, 15) is 8.42 Å². The minimum Gasteiger partial charge on any atom is -0.477 e. The third kappa shape index (κ3) is 4.32. The van der Waals surface area contributed by atoms with Gasteiger partial charge in [-0.1, -0.05) is 19.4 Å². The number of hydrogen-bond acceptors (Lipinski definition) is 6. The van der Waals surface area contributed by atoms with E-state index < -0.39 is 10.0 Å². The number of hydrogen-bond donors (Lipinski definition) is 2. The summed E-state index contributed by atoms with van der Waals surface area (Å²) in [6, 6.07) is 9.08. The van der Waals surface area contributed by atoms with Gasteiger partial charge in [0.05, 0.1) is 11.5 Å². The largest absolute Gasteiger partial charge is 0.477 e. The second kappa shape index (κ2) is 7.08. The van der Waals surface area contributed by atoms with Crippen LogP contribution in [-0.4, -0.2) is 25.2 Å². The lowest BCUT2D eigenvalue weighted by Crippen LogP contribution is -2.14. The normalized spacial score (nSPS) is 11.1. The monoisotopic (exact) mass is 322 g/mol. The van der Waals surface area contributed by atoms with E-state index in [-0.39, 0.29) is 10.7 Å². The molecule has 22 heavy (non-hydrogen) atoms. The fraction of sp³-hybridized carbons (Fsp3) is 0.286. The van der Waals surface area contributed by atoms with Crippen LogP contribution < -0.4 is 15.2 Å². The first-order valence-electron chi connectivity index (χ1n) is 6.86. The topological polar surface area (TPSA) is 107 Å². The van der Waals surface area contributed by atoms with Crippen LogP contribution in [-0.2, 0) is 10.0 Å². The molecule has 0 aliphatic rings. The smallest absolute Gasteiger partial charge is 0.263 e. The number of sulfonamides is 1. The molecule has 0 atom stereocenters. The highest BCUT2D eigenvalue weighted by atomic mass is 32.2. The van der Waals surface area contributed by atoms with Crippen LogP contribution in [0, 0.1) is 0 Å². The Balaban J connectivity index is 2.06. The van der Waals surface area contributed by atoms with Crippen molar-refractivity contribution >= 4 is 21.5 Å². The number of rotatable bonds is 7. The molecule has 0 unspecified atom stereocenters. The zero-order chi connectivity index (χ0) is 16.0. The van der Waals surface area contributed by atoms with Gasteiger partial charge in [-0.3, -0.25) is 4.72 Å². The first-order chi connectivity index (χ1) is 10.5. The number of nitrogens with zero attached hydrogens (tertiary/aromatic N) is 2. The van der Waals surface area contributed by atoms with Gasteiger partial charge >= 0.3 is 0 Å². The molecule has 2 aromatic rings. The molecule has 0 bridgehead atoms. The van der Waals surface area contributed by atoms with Crippen LogP contribution in [0.2, 0.25) is 0 Å². The van der Waals surface area contributed by atoms with E-state index in [1.54, 1.807) is 18.2 Å². The van der Waals surface area contributed by atoms with Crippen LogP contribution in [0.1, 0.15) is 19.8 Å². The molecule has 0 spiro atoms. The van der Waals surface area contributed by atoms with E-state index in [1.165, 1.54) is 18.2 Å². The van der Waals surface area contributed by atoms with Gasteiger partial charge in [-0.25, -0.2) is 8.42 Å². The van der Waals surface area contributed by atoms with Crippen molar-refractivity contribution < 1.29 is 13.2 Å². The second-order valence-electron chi connectivity index (χ2n) is 4.64. The van der Waals surface area contributed by atoms with Gasteiger partial charge < -0.3 is 10.5 Å². The zero-order valence-corrected chi connectivity index (χ0v) is 13.0. The highest BCUT2D eigenvalue weighted by molar-refractivity contribution is 7.92. The average Bonchev–Trinajstić information content (AvgIpc) is 2.49. The molecule has 2 rings (SSSR count). The molecular weight excluding hydrogens is 304 g/mol. The van der Waals surface area contributed by atoms with Crippen molar-refractivity contribution in [3.63, 3.8) is 0 Å². The summed E-state index contributed by atoms with van der Waals surface area (Å²) in [6.45, 7) is 2.61. The van der Waals surface area contributed by atoms with Crippen molar-refractivity contribution in [2.24, 2.45) is 0 Å². The number of benzene rings is 1. The van der Waals surface area contributed by atoms with Crippen molar-refractivity contribution in [3.05, 3.63) is 36.4 Å². The molecule has 0 radical (unpaired) electrons. The Morgan fingerprint density at radius 2 is 2.05 bits per heavy atom. The second-order valence-corrected chi connectivity index (χ2v) is 6.32. The summed E-state index contributed by atoms with van der Waals surface area (Å²) in [5, 5.41) is 7.62. The summed E-state index contributed by atoms with van der Waals surface area (Å²) in [6.07, 6.45) is 1.94. The maximum Gasteiger partial charge on any atom is 0.263 e. The maximum atomic E-state index is 12.2. The summed E-state index contributed by atoms with van der Waals surface area (Å²) < 4.78 is 32.1. The molecule has 3 N–H and O–H groups in total. The molecular formula is C14H18N4O3S. The van der Waals surface area contributed by atoms with Gasteiger partial charge in [0.15, 0.2) is 5.82 Å². The molecule has 0 fully saturated rings. The molecule has 1 aromatic heterocycles. The van der Waals surface area contributed by atoms with E-state index in [2.05, 4.69) is 21.8 Å². The Morgan fingerprint density at radius 1 is 1.23 bits per heavy atom. The molecule has 0 saturated carbocycles. The number of nitrogens with one attached hydrogen (secondary N) is 1. The van der Waals surface area contributed by atoms with Gasteiger partial charge in [-0.05, 0) is 30.7 Å². The van der Waals surface area contributed by atoms with Crippen LogP contribution in [0.3, 0.4) is 0 Å². The van der Waals surface area contributed by atoms with Crippen molar-refractivity contribution in [3.8, 4) is 5.88 Å². The van der Waals surface area contributed by atoms with Crippen molar-refractivity contribution in [1.82, 2.24) is 10.2 Å². The lowest BCUT2D eigenvalue weighted by atomic mass is 10.3. The number of nitrogens with two attached hydrogens (primary N) is 1. The molecule has 1 aromatic carbocycles. The first-order valence-corrected chi connectivity index (χ1v) is 8.34. The minimum absolute atomic E-state index is 0.0672. The number of anilines is 2. The van der Waals surface area contributed by atoms with Crippen LogP contribution in [0.4, 0.5) is 11.5 Å². The fourth-order valence-corrected chi connectivity index (χ4v) is 2.70. The third-order valence-corrected chi connectivity index (χ3v) is 4.15. The number of nitrogen functional groups attached to an aromatic ring is 1. The molecule has 118 valence electrons. The summed E-state index contributed by atoms with van der Waals surface area (Å²) in [4.78, 5) is 0.0672. The predicted molar refractivity (Wildman–Crippen MR) is 84.1 cm³/mol. The summed E-state index contributed by atoms with van der Waals surface area (Å²) in [7, 11) is -3.74. The Morgan fingerprint density at radius 3 is 2.68 bits per heavy atom. The molecule has 0 saturated heterocycles. The highest BCUT2D eigenvalue weighted by Crippen LogP contribution is 2.17. The fourth-order valence-electron chi connectivity index (χ4n) is 1.65. The van der Waals surface area contributed by atoms with Gasteiger partial charge in [0.25, 0.3) is 10.0 Å². The van der Waals surface area contributed by atoms with E-state index in [4.69, 9.17) is 10.5 Å². The molecule has 7 nitrogen and oxygen atoms in total. The van der Waals surface area contributed by atoms with Crippen LogP contribution in [0.25, 0.3) is 0 Å². The van der Waals surface area contributed by atoms with E-state index in [1.807, 2.05) is 0 Å². The lowest BCUT2D eigenvalue weighted by Gasteiger charge is -2.08. The van der Waals surface area contributed by atoms with Crippen molar-refractivity contribution in [1.29, 1.82) is 0 Å². The maximum absolute atomic E-state index is 12.2. The van der Waals surface area contributed by atoms with E-state index in [0.29, 0.717) is 18.2 Å². The van der Waals surface area contributed by atoms with Crippen LogP contribution in [0.15, 0.2) is 41.3 Å². The third-order valence-electron chi connectivity index (χ3n) is 2.80. The lowest BCUT2D eigenvalue weighted by molar-refractivity contribution is 0.294. The number of aromatic nitrogens is 2. The number of unbranched alkanes of at least 4 members (excludes halogenated alkanes) is 1. The number of ether oxygens (including phenoxy) is 1. The Hall–Kier alpha value is -2.35. The van der Waals surface area contributed by atoms with Gasteiger partial charge in [0.1, 0.15) is 0 Å². The predicted octanol–water partition coefficient (Wildman–Crippen LogP) is 2.04. The summed E-state index contributed by atoms with van der Waals surface area (Å²) in [5.74, 6) is 0.477. The van der Waals surface area contributed by atoms with Gasteiger partial charge in [-0.2, -0.15) is 0 Å². The summed E-state index contributed by atoms with van der Waals surface area (Å²) >= 11 is 0. The molecule has 0 aliphatic heterocycles. The zero-order valence-electron chi connectivity index (χ0n) is 12.2. The van der Waals surface area contributed by atoms with Gasteiger partial charge in [0.2, 0.25) is 5.88 Å². The average molecular weight is 322 g/mol. The Labute approximate surface area is 129 Å².